The Morgan fingerprint density at radius 2 is 2.17 bits per heavy atom. The van der Waals surface area contributed by atoms with Crippen LogP contribution in [0.3, 0.4) is 0 Å². The molecule has 1 aromatic carbocycles. The van der Waals surface area contributed by atoms with Crippen LogP contribution < -0.4 is 5.32 Å². The SMILES string of the molecule is CCC(C)(O)CNc1ncnc2c(F)cccc12. The van der Waals surface area contributed by atoms with Crippen molar-refractivity contribution in [3.05, 3.63) is 30.3 Å². The van der Waals surface area contributed by atoms with Crippen LogP contribution in [0.25, 0.3) is 10.9 Å². The molecule has 1 unspecified atom stereocenters. The third-order valence-electron chi connectivity index (χ3n) is 3.01. The van der Waals surface area contributed by atoms with E-state index in [1.807, 2.05) is 6.92 Å². The fourth-order valence-electron chi connectivity index (χ4n) is 1.59. The molecule has 5 heteroatoms. The highest BCUT2D eigenvalue weighted by atomic mass is 19.1. The zero-order valence-electron chi connectivity index (χ0n) is 10.4. The number of benzene rings is 1. The zero-order chi connectivity index (χ0) is 13.2. The van der Waals surface area contributed by atoms with Crippen molar-refractivity contribution in [2.24, 2.45) is 0 Å². The molecular weight excluding hydrogens is 233 g/mol. The van der Waals surface area contributed by atoms with Crippen LogP contribution in [-0.4, -0.2) is 27.2 Å². The van der Waals surface area contributed by atoms with Crippen LogP contribution in [0, 0.1) is 5.82 Å². The molecule has 0 saturated carbocycles. The van der Waals surface area contributed by atoms with Gasteiger partial charge in [0.25, 0.3) is 0 Å². The van der Waals surface area contributed by atoms with E-state index in [1.165, 1.54) is 12.4 Å². The monoisotopic (exact) mass is 249 g/mol. The molecule has 0 amide bonds. The predicted octanol–water partition coefficient (Wildman–Crippen LogP) is 2.34. The van der Waals surface area contributed by atoms with Crippen LogP contribution in [0.1, 0.15) is 20.3 Å². The van der Waals surface area contributed by atoms with Gasteiger partial charge in [0.2, 0.25) is 0 Å². The minimum Gasteiger partial charge on any atom is -0.388 e. The number of anilines is 1. The first-order valence-electron chi connectivity index (χ1n) is 5.89. The van der Waals surface area contributed by atoms with Crippen LogP contribution in [0.2, 0.25) is 0 Å². The highest BCUT2D eigenvalue weighted by Crippen LogP contribution is 2.22. The molecule has 0 aliphatic carbocycles. The molecule has 0 fully saturated rings. The molecule has 1 aromatic heterocycles. The average molecular weight is 249 g/mol. The first kappa shape index (κ1) is 12.7. The lowest BCUT2D eigenvalue weighted by molar-refractivity contribution is 0.0697. The third kappa shape index (κ3) is 2.56. The summed E-state index contributed by atoms with van der Waals surface area (Å²) in [5.74, 6) is 0.161. The maximum absolute atomic E-state index is 13.5. The molecule has 0 aliphatic rings. The normalized spacial score (nSPS) is 14.4. The van der Waals surface area contributed by atoms with E-state index in [9.17, 15) is 9.50 Å². The van der Waals surface area contributed by atoms with E-state index in [0.717, 1.165) is 0 Å². The summed E-state index contributed by atoms with van der Waals surface area (Å²) in [6, 6.07) is 4.73. The Balaban J connectivity index is 2.32. The maximum Gasteiger partial charge on any atom is 0.149 e. The van der Waals surface area contributed by atoms with E-state index < -0.39 is 5.60 Å². The molecule has 0 spiro atoms. The summed E-state index contributed by atoms with van der Waals surface area (Å²) in [4.78, 5) is 8.00. The Morgan fingerprint density at radius 1 is 1.39 bits per heavy atom. The van der Waals surface area contributed by atoms with Gasteiger partial charge in [-0.25, -0.2) is 14.4 Å². The smallest absolute Gasteiger partial charge is 0.149 e. The van der Waals surface area contributed by atoms with Gasteiger partial charge >= 0.3 is 0 Å². The first-order valence-corrected chi connectivity index (χ1v) is 5.89. The number of fused-ring (bicyclic) bond motifs is 1. The minimum absolute atomic E-state index is 0.283. The number of hydrogen-bond donors (Lipinski definition) is 2. The number of nitrogens with one attached hydrogen (secondary N) is 1. The van der Waals surface area contributed by atoms with Gasteiger partial charge in [0.05, 0.1) is 5.60 Å². The molecule has 18 heavy (non-hydrogen) atoms. The summed E-state index contributed by atoms with van der Waals surface area (Å²) < 4.78 is 13.5. The minimum atomic E-state index is -0.815. The summed E-state index contributed by atoms with van der Waals surface area (Å²) in [6.45, 7) is 4.00. The lowest BCUT2D eigenvalue weighted by Crippen LogP contribution is -2.32. The molecule has 0 saturated heterocycles. The van der Waals surface area contributed by atoms with Gasteiger partial charge in [-0.15, -0.1) is 0 Å². The Bertz CT molecular complexity index is 557. The van der Waals surface area contributed by atoms with E-state index in [2.05, 4.69) is 15.3 Å². The molecule has 0 radical (unpaired) electrons. The molecule has 2 aromatic rings. The summed E-state index contributed by atoms with van der Waals surface area (Å²) in [6.07, 6.45) is 1.94. The topological polar surface area (TPSA) is 58.0 Å². The van der Waals surface area contributed by atoms with Crippen molar-refractivity contribution in [3.8, 4) is 0 Å². The van der Waals surface area contributed by atoms with E-state index in [4.69, 9.17) is 0 Å². The second-order valence-electron chi connectivity index (χ2n) is 4.56. The maximum atomic E-state index is 13.5. The van der Waals surface area contributed by atoms with E-state index in [0.29, 0.717) is 24.2 Å². The molecular formula is C13H16FN3O. The Kier molecular flexibility index (Phi) is 3.43. The van der Waals surface area contributed by atoms with Crippen molar-refractivity contribution in [2.75, 3.05) is 11.9 Å². The molecule has 4 nitrogen and oxygen atoms in total. The summed E-state index contributed by atoms with van der Waals surface area (Å²) >= 11 is 0. The number of halogens is 1. The van der Waals surface area contributed by atoms with E-state index in [1.54, 1.807) is 19.1 Å². The molecule has 0 bridgehead atoms. The number of aromatic nitrogens is 2. The lowest BCUT2D eigenvalue weighted by Gasteiger charge is -2.22. The second-order valence-corrected chi connectivity index (χ2v) is 4.56. The summed E-state index contributed by atoms with van der Waals surface area (Å²) in [5.41, 5.74) is -0.531. The number of nitrogens with zero attached hydrogens (tertiary/aromatic N) is 2. The number of rotatable bonds is 4. The molecule has 1 atom stereocenters. The van der Waals surface area contributed by atoms with Gasteiger partial charge in [0.15, 0.2) is 0 Å². The largest absolute Gasteiger partial charge is 0.388 e. The van der Waals surface area contributed by atoms with Crippen molar-refractivity contribution in [3.63, 3.8) is 0 Å². The number of para-hydroxylation sites is 1. The van der Waals surface area contributed by atoms with E-state index >= 15 is 0 Å². The van der Waals surface area contributed by atoms with Gasteiger partial charge in [-0.1, -0.05) is 13.0 Å². The van der Waals surface area contributed by atoms with Crippen LogP contribution in [0.15, 0.2) is 24.5 Å². The summed E-state index contributed by atoms with van der Waals surface area (Å²) in [7, 11) is 0. The Hall–Kier alpha value is -1.75. The molecule has 2 N–H and O–H groups in total. The molecule has 2 rings (SSSR count). The highest BCUT2D eigenvalue weighted by molar-refractivity contribution is 5.89. The van der Waals surface area contributed by atoms with Gasteiger partial charge in [0.1, 0.15) is 23.5 Å². The number of hydrogen-bond acceptors (Lipinski definition) is 4. The van der Waals surface area contributed by atoms with Crippen LogP contribution in [0.4, 0.5) is 10.2 Å². The fourth-order valence-corrected chi connectivity index (χ4v) is 1.59. The van der Waals surface area contributed by atoms with Gasteiger partial charge in [-0.2, -0.15) is 0 Å². The fraction of sp³-hybridized carbons (Fsp3) is 0.385. The van der Waals surface area contributed by atoms with Crippen LogP contribution in [-0.2, 0) is 0 Å². The summed E-state index contributed by atoms with van der Waals surface area (Å²) in [5, 5.41) is 13.6. The Morgan fingerprint density at radius 3 is 2.89 bits per heavy atom. The van der Waals surface area contributed by atoms with Crippen LogP contribution in [0.5, 0.6) is 0 Å². The predicted molar refractivity (Wildman–Crippen MR) is 68.9 cm³/mol. The molecule has 0 aliphatic heterocycles. The third-order valence-corrected chi connectivity index (χ3v) is 3.01. The average Bonchev–Trinajstić information content (AvgIpc) is 2.37. The quantitative estimate of drug-likeness (QED) is 0.873. The van der Waals surface area contributed by atoms with Gasteiger partial charge in [-0.3, -0.25) is 0 Å². The standard InChI is InChI=1S/C13H16FN3O/c1-3-13(2,18)7-15-12-9-5-4-6-10(14)11(9)16-8-17-12/h4-6,8,18H,3,7H2,1-2H3,(H,15,16,17). The molecule has 1 heterocycles. The zero-order valence-corrected chi connectivity index (χ0v) is 10.4. The van der Waals surface area contributed by atoms with Gasteiger partial charge < -0.3 is 10.4 Å². The highest BCUT2D eigenvalue weighted by Gasteiger charge is 2.18. The van der Waals surface area contributed by atoms with Gasteiger partial charge in [0, 0.05) is 11.9 Å². The van der Waals surface area contributed by atoms with Gasteiger partial charge in [-0.05, 0) is 25.5 Å². The first-order chi connectivity index (χ1) is 8.53. The van der Waals surface area contributed by atoms with Crippen molar-refractivity contribution < 1.29 is 9.50 Å². The Labute approximate surface area is 105 Å². The number of aliphatic hydroxyl groups is 1. The molecule has 96 valence electrons. The lowest BCUT2D eigenvalue weighted by atomic mass is 10.0. The van der Waals surface area contributed by atoms with Crippen molar-refractivity contribution in [1.29, 1.82) is 0 Å². The van der Waals surface area contributed by atoms with Crippen molar-refractivity contribution >= 4 is 16.7 Å². The van der Waals surface area contributed by atoms with E-state index in [-0.39, 0.29) is 11.3 Å². The second kappa shape index (κ2) is 4.86. The van der Waals surface area contributed by atoms with Crippen molar-refractivity contribution in [1.82, 2.24) is 9.97 Å². The van der Waals surface area contributed by atoms with Crippen molar-refractivity contribution in [2.45, 2.75) is 25.9 Å². The van der Waals surface area contributed by atoms with Crippen LogP contribution >= 0.6 is 0 Å².